The number of ether oxygens (including phenoxy) is 3. The lowest BCUT2D eigenvalue weighted by atomic mass is 9.67. The fraction of sp³-hybridized carbons (Fsp3) is 1.00. The largest absolute Gasteiger partial charge is 0.390 e. The van der Waals surface area contributed by atoms with Gasteiger partial charge in [-0.15, -0.1) is 0 Å². The smallest absolute Gasteiger partial charge is 0.157 e. The summed E-state index contributed by atoms with van der Waals surface area (Å²) < 4.78 is 17.9. The van der Waals surface area contributed by atoms with E-state index in [0.717, 1.165) is 45.1 Å². The molecular weight excluding hydrogens is 244 g/mol. The van der Waals surface area contributed by atoms with Gasteiger partial charge in [0.25, 0.3) is 0 Å². The molecule has 0 aromatic heterocycles. The molecule has 2 heterocycles. The van der Waals surface area contributed by atoms with E-state index in [0.29, 0.717) is 0 Å². The number of hydrogen-bond acceptors (Lipinski definition) is 4. The highest BCUT2D eigenvalue weighted by Gasteiger charge is 2.76. The van der Waals surface area contributed by atoms with E-state index in [2.05, 4.69) is 6.92 Å². The molecule has 1 unspecified atom stereocenters. The Bertz CT molecular complexity index is 367. The van der Waals surface area contributed by atoms with E-state index >= 15 is 0 Å². The van der Waals surface area contributed by atoms with E-state index < -0.39 is 0 Å². The summed E-state index contributed by atoms with van der Waals surface area (Å²) >= 11 is 0. The van der Waals surface area contributed by atoms with Crippen LogP contribution in [0.4, 0.5) is 0 Å². The van der Waals surface area contributed by atoms with Crippen LogP contribution in [0, 0.1) is 5.41 Å². The van der Waals surface area contributed by atoms with Crippen molar-refractivity contribution in [3.8, 4) is 0 Å². The van der Waals surface area contributed by atoms with E-state index in [1.165, 1.54) is 6.42 Å². The number of rotatable bonds is 2. The summed E-state index contributed by atoms with van der Waals surface area (Å²) in [6, 6.07) is 0. The second kappa shape index (κ2) is 4.17. The zero-order valence-electron chi connectivity index (χ0n) is 11.6. The standard InChI is InChI=1S/C15H24O4/c1-14-7-5-10(16)13-15(14,19-13)8-6-11(14)18-12-4-2-3-9-17-12/h10-13,16H,2-9H2,1H3/t10-,11-,12?,13-,14+,15+/m0/s1. The van der Waals surface area contributed by atoms with Crippen LogP contribution >= 0.6 is 0 Å². The molecule has 0 aromatic rings. The lowest BCUT2D eigenvalue weighted by molar-refractivity contribution is -0.210. The van der Waals surface area contributed by atoms with E-state index in [1.807, 2.05) is 0 Å². The summed E-state index contributed by atoms with van der Waals surface area (Å²) in [6.45, 7) is 3.12. The van der Waals surface area contributed by atoms with Gasteiger partial charge in [-0.25, -0.2) is 0 Å². The van der Waals surface area contributed by atoms with Gasteiger partial charge in [0.1, 0.15) is 11.7 Å². The van der Waals surface area contributed by atoms with Crippen LogP contribution in [0.2, 0.25) is 0 Å². The third kappa shape index (κ3) is 1.67. The van der Waals surface area contributed by atoms with Crippen molar-refractivity contribution < 1.29 is 19.3 Å². The number of aliphatic hydroxyl groups is 1. The van der Waals surface area contributed by atoms with Gasteiger partial charge >= 0.3 is 0 Å². The minimum Gasteiger partial charge on any atom is -0.390 e. The minimum atomic E-state index is -0.266. The summed E-state index contributed by atoms with van der Waals surface area (Å²) in [5, 5.41) is 9.99. The topological polar surface area (TPSA) is 51.2 Å². The SMILES string of the molecule is C[C@]12CC[C@H](O)[C@@H]3O[C@]31CC[C@@H]2OC1CCCCO1. The van der Waals surface area contributed by atoms with Crippen LogP contribution in [0.15, 0.2) is 0 Å². The third-order valence-corrected chi connectivity index (χ3v) is 5.96. The van der Waals surface area contributed by atoms with Crippen LogP contribution in [0.1, 0.15) is 51.9 Å². The van der Waals surface area contributed by atoms with Gasteiger partial charge in [0.05, 0.1) is 12.2 Å². The van der Waals surface area contributed by atoms with Gasteiger partial charge in [0.15, 0.2) is 6.29 Å². The summed E-state index contributed by atoms with van der Waals surface area (Å²) in [6.07, 6.45) is 7.30. The molecular formula is C15H24O4. The van der Waals surface area contributed by atoms with Crippen LogP contribution < -0.4 is 0 Å². The highest BCUT2D eigenvalue weighted by molar-refractivity contribution is 5.24. The number of aliphatic hydroxyl groups excluding tert-OH is 1. The monoisotopic (exact) mass is 268 g/mol. The average molecular weight is 268 g/mol. The van der Waals surface area contributed by atoms with E-state index in [9.17, 15) is 5.11 Å². The number of hydrogen-bond donors (Lipinski definition) is 1. The van der Waals surface area contributed by atoms with Crippen molar-refractivity contribution in [1.82, 2.24) is 0 Å². The van der Waals surface area contributed by atoms with Crippen molar-refractivity contribution in [2.75, 3.05) is 6.61 Å². The van der Waals surface area contributed by atoms with Crippen LogP contribution in [0.25, 0.3) is 0 Å². The number of epoxide rings is 1. The molecule has 4 rings (SSSR count). The second-order valence-corrected chi connectivity index (χ2v) is 6.91. The first-order valence-electron chi connectivity index (χ1n) is 7.79. The van der Waals surface area contributed by atoms with Crippen LogP contribution in [-0.4, -0.2) is 41.9 Å². The Morgan fingerprint density at radius 3 is 2.84 bits per heavy atom. The van der Waals surface area contributed by atoms with Gasteiger partial charge in [0.2, 0.25) is 0 Å². The maximum absolute atomic E-state index is 9.99. The van der Waals surface area contributed by atoms with Crippen LogP contribution in [-0.2, 0) is 14.2 Å². The molecule has 1 N–H and O–H groups in total. The molecule has 108 valence electrons. The second-order valence-electron chi connectivity index (χ2n) is 6.91. The van der Waals surface area contributed by atoms with Gasteiger partial charge in [-0.2, -0.15) is 0 Å². The first-order valence-corrected chi connectivity index (χ1v) is 7.79. The first-order chi connectivity index (χ1) is 9.16. The first kappa shape index (κ1) is 12.6. The predicted octanol–water partition coefficient (Wildman–Crippen LogP) is 1.99. The molecule has 0 amide bonds. The lowest BCUT2D eigenvalue weighted by Gasteiger charge is -2.40. The Labute approximate surface area is 114 Å². The fourth-order valence-corrected chi connectivity index (χ4v) is 4.66. The highest BCUT2D eigenvalue weighted by Crippen LogP contribution is 2.67. The Kier molecular flexibility index (Phi) is 2.76. The highest BCUT2D eigenvalue weighted by atomic mass is 16.7. The zero-order valence-corrected chi connectivity index (χ0v) is 11.6. The summed E-state index contributed by atoms with van der Waals surface area (Å²) in [5.41, 5.74) is -0.0261. The minimum absolute atomic E-state index is 0.0187. The molecule has 0 bridgehead atoms. The maximum atomic E-state index is 9.99. The quantitative estimate of drug-likeness (QED) is 0.778. The molecule has 4 fully saturated rings. The maximum Gasteiger partial charge on any atom is 0.157 e. The summed E-state index contributed by atoms with van der Waals surface area (Å²) in [4.78, 5) is 0. The van der Waals surface area contributed by atoms with Crippen LogP contribution in [0.3, 0.4) is 0 Å². The Balaban J connectivity index is 1.49. The Morgan fingerprint density at radius 2 is 2.05 bits per heavy atom. The fourth-order valence-electron chi connectivity index (χ4n) is 4.66. The van der Waals surface area contributed by atoms with Crippen LogP contribution in [0.5, 0.6) is 0 Å². The lowest BCUT2D eigenvalue weighted by Crippen LogP contribution is -2.48. The van der Waals surface area contributed by atoms with E-state index in [-0.39, 0.29) is 35.6 Å². The third-order valence-electron chi connectivity index (χ3n) is 5.96. The van der Waals surface area contributed by atoms with Gasteiger partial charge in [-0.05, 0) is 44.9 Å². The molecule has 19 heavy (non-hydrogen) atoms. The molecule has 2 aliphatic carbocycles. The summed E-state index contributed by atoms with van der Waals surface area (Å²) in [5.74, 6) is 0. The Hall–Kier alpha value is -0.160. The van der Waals surface area contributed by atoms with Crippen molar-refractivity contribution in [1.29, 1.82) is 0 Å². The molecule has 1 spiro atoms. The molecule has 4 heteroatoms. The summed E-state index contributed by atoms with van der Waals surface area (Å²) in [7, 11) is 0. The van der Waals surface area contributed by atoms with E-state index in [4.69, 9.17) is 14.2 Å². The van der Waals surface area contributed by atoms with Crippen molar-refractivity contribution in [2.45, 2.75) is 82.1 Å². The molecule has 4 aliphatic rings. The Morgan fingerprint density at radius 1 is 1.16 bits per heavy atom. The molecule has 2 saturated carbocycles. The molecule has 2 aliphatic heterocycles. The predicted molar refractivity (Wildman–Crippen MR) is 68.6 cm³/mol. The van der Waals surface area contributed by atoms with Gasteiger partial charge in [0, 0.05) is 12.0 Å². The van der Waals surface area contributed by atoms with E-state index in [1.54, 1.807) is 0 Å². The molecule has 0 aromatic carbocycles. The van der Waals surface area contributed by atoms with Crippen molar-refractivity contribution in [3.05, 3.63) is 0 Å². The van der Waals surface area contributed by atoms with Crippen molar-refractivity contribution >= 4 is 0 Å². The molecule has 2 saturated heterocycles. The normalized spacial score (nSPS) is 56.5. The van der Waals surface area contributed by atoms with Gasteiger partial charge in [-0.3, -0.25) is 0 Å². The molecule has 6 atom stereocenters. The van der Waals surface area contributed by atoms with Gasteiger partial charge in [-0.1, -0.05) is 6.92 Å². The molecule has 0 radical (unpaired) electrons. The average Bonchev–Trinajstić information content (AvgIpc) is 3.12. The van der Waals surface area contributed by atoms with Crippen molar-refractivity contribution in [3.63, 3.8) is 0 Å². The van der Waals surface area contributed by atoms with Crippen molar-refractivity contribution in [2.24, 2.45) is 5.41 Å². The van der Waals surface area contributed by atoms with Gasteiger partial charge < -0.3 is 19.3 Å². The zero-order chi connectivity index (χ0) is 13.1. The molecule has 4 nitrogen and oxygen atoms in total.